The summed E-state index contributed by atoms with van der Waals surface area (Å²) in [4.78, 5) is 14.6. The number of H-pyrrole nitrogens is 1. The molecule has 1 heterocycles. The molecule has 0 saturated heterocycles. The zero-order valence-corrected chi connectivity index (χ0v) is 30.6. The fourth-order valence-electron chi connectivity index (χ4n) is 5.25. The highest BCUT2D eigenvalue weighted by Gasteiger charge is 2.36. The lowest BCUT2D eigenvalue weighted by molar-refractivity contribution is 0.0692. The van der Waals surface area contributed by atoms with Crippen molar-refractivity contribution in [1.82, 2.24) is 15.6 Å². The Balaban J connectivity index is 0.000000226. The maximum Gasteiger partial charge on any atom is 0.353 e. The summed E-state index contributed by atoms with van der Waals surface area (Å²) in [5, 5.41) is 36.6. The van der Waals surface area contributed by atoms with Gasteiger partial charge < -0.3 is 35.5 Å². The van der Waals surface area contributed by atoms with E-state index in [4.69, 9.17) is 16.1 Å². The highest BCUT2D eigenvalue weighted by atomic mass is 35.5. The lowest BCUT2D eigenvalue weighted by Crippen LogP contribution is -2.28. The molecule has 4 aromatic carbocycles. The molecule has 1 aromatic heterocycles. The van der Waals surface area contributed by atoms with Gasteiger partial charge in [-0.15, -0.1) is 0 Å². The second kappa shape index (κ2) is 18.3. The average Bonchev–Trinajstić information content (AvgIpc) is 3.50. The van der Waals surface area contributed by atoms with Crippen molar-refractivity contribution in [2.75, 3.05) is 21.2 Å². The number of aliphatic hydroxyl groups excluding tert-OH is 2. The Hall–Kier alpha value is -3.79. The molecule has 262 valence electrons. The molecule has 5 atom stereocenters. The van der Waals surface area contributed by atoms with Crippen molar-refractivity contribution in [3.63, 3.8) is 0 Å². The molecule has 0 aliphatic heterocycles. The zero-order chi connectivity index (χ0) is 36.3. The Labute approximate surface area is 293 Å². The number of fused-ring (bicyclic) bond motifs is 1. The summed E-state index contributed by atoms with van der Waals surface area (Å²) in [5.74, 6) is -1.20. The van der Waals surface area contributed by atoms with Crippen molar-refractivity contribution >= 4 is 46.5 Å². The summed E-state index contributed by atoms with van der Waals surface area (Å²) in [6, 6.07) is 29.9. The predicted molar refractivity (Wildman–Crippen MR) is 200 cm³/mol. The summed E-state index contributed by atoms with van der Waals surface area (Å²) >= 11 is 6.08. The van der Waals surface area contributed by atoms with Crippen LogP contribution in [0, 0.1) is 13.8 Å². The lowest BCUT2D eigenvalue weighted by Gasteiger charge is -2.18. The van der Waals surface area contributed by atoms with Crippen LogP contribution in [0.3, 0.4) is 0 Å². The van der Waals surface area contributed by atoms with E-state index >= 15 is 0 Å². The van der Waals surface area contributed by atoms with Gasteiger partial charge in [-0.3, -0.25) is 4.57 Å². The third-order valence-corrected chi connectivity index (χ3v) is 10.9. The smallest absolute Gasteiger partial charge is 0.353 e. The summed E-state index contributed by atoms with van der Waals surface area (Å²) < 4.78 is 19.3. The van der Waals surface area contributed by atoms with Gasteiger partial charge in [-0.25, -0.2) is 4.79 Å². The Morgan fingerprint density at radius 2 is 1.27 bits per heavy atom. The molecule has 49 heavy (non-hydrogen) atoms. The normalized spacial score (nSPS) is 14.7. The van der Waals surface area contributed by atoms with Crippen molar-refractivity contribution in [1.29, 1.82) is 0 Å². The summed E-state index contributed by atoms with van der Waals surface area (Å²) in [7, 11) is 1.38. The third-order valence-electron chi connectivity index (χ3n) is 8.19. The van der Waals surface area contributed by atoms with Crippen LogP contribution in [0.25, 0.3) is 10.9 Å². The van der Waals surface area contributed by atoms with Crippen LogP contribution >= 0.6 is 19.0 Å². The van der Waals surface area contributed by atoms with Crippen LogP contribution in [-0.4, -0.2) is 59.6 Å². The van der Waals surface area contributed by atoms with Gasteiger partial charge in [-0.2, -0.15) is 0 Å². The molecule has 0 fully saturated rings. The van der Waals surface area contributed by atoms with Gasteiger partial charge in [0.2, 0.25) is 0 Å². The second-order valence-corrected chi connectivity index (χ2v) is 14.7. The van der Waals surface area contributed by atoms with Crippen molar-refractivity contribution in [3.8, 4) is 0 Å². The van der Waals surface area contributed by atoms with Crippen molar-refractivity contribution in [3.05, 3.63) is 130 Å². The van der Waals surface area contributed by atoms with E-state index in [1.54, 1.807) is 30.3 Å². The van der Waals surface area contributed by atoms with Crippen molar-refractivity contribution in [2.24, 2.45) is 0 Å². The molecule has 0 bridgehead atoms. The number of carbonyl (C=O) groups is 1. The summed E-state index contributed by atoms with van der Waals surface area (Å²) in [6.45, 7) is 7.69. The Kier molecular flexibility index (Phi) is 14.8. The van der Waals surface area contributed by atoms with Crippen LogP contribution in [0.2, 0.25) is 5.02 Å². The number of aromatic amines is 1. The number of aromatic nitrogens is 1. The molecule has 0 spiro atoms. The SMILES string of the molecule is CN[C@@H](C)[C@H](O)c1ccccc1.CN[C@H](C)[C@H](O)c1ccccc1.COP(=O)(c1cc(C)cc(C)c1)c1c(C(=O)O)[nH]c2ccc(Cl)cc12. The van der Waals surface area contributed by atoms with Crippen molar-refractivity contribution in [2.45, 2.75) is 52.0 Å². The first-order chi connectivity index (χ1) is 23.3. The molecule has 0 radical (unpaired) electrons. The van der Waals surface area contributed by atoms with E-state index in [0.29, 0.717) is 21.2 Å². The van der Waals surface area contributed by atoms with Gasteiger partial charge in [0, 0.05) is 40.4 Å². The molecule has 11 heteroatoms. The Morgan fingerprint density at radius 1 is 0.796 bits per heavy atom. The first-order valence-electron chi connectivity index (χ1n) is 15.9. The molecule has 0 aliphatic rings. The first-order valence-corrected chi connectivity index (χ1v) is 17.9. The maximum atomic E-state index is 13.9. The molecule has 5 rings (SSSR count). The molecule has 1 unspecified atom stereocenters. The lowest BCUT2D eigenvalue weighted by atomic mass is 10.0. The van der Waals surface area contributed by atoms with E-state index in [1.807, 2.05) is 109 Å². The summed E-state index contributed by atoms with van der Waals surface area (Å²) in [5.41, 5.74) is 4.14. The molecule has 0 amide bonds. The van der Waals surface area contributed by atoms with E-state index in [1.165, 1.54) is 7.11 Å². The van der Waals surface area contributed by atoms with Gasteiger partial charge in [0.05, 0.1) is 17.5 Å². The van der Waals surface area contributed by atoms with Crippen LogP contribution < -0.4 is 21.2 Å². The first kappa shape index (κ1) is 39.6. The number of aliphatic hydroxyl groups is 2. The number of aromatic carboxylic acids is 1. The largest absolute Gasteiger partial charge is 0.477 e. The van der Waals surface area contributed by atoms with E-state index in [-0.39, 0.29) is 23.1 Å². The number of aryl methyl sites for hydroxylation is 2. The van der Waals surface area contributed by atoms with Gasteiger partial charge >= 0.3 is 5.97 Å². The number of carboxylic acids is 1. The van der Waals surface area contributed by atoms with Crippen LogP contribution in [0.4, 0.5) is 0 Å². The minimum atomic E-state index is -3.64. The van der Waals surface area contributed by atoms with Gasteiger partial charge in [-0.1, -0.05) is 89.5 Å². The quantitative estimate of drug-likeness (QED) is 0.0884. The highest BCUT2D eigenvalue weighted by molar-refractivity contribution is 7.75. The van der Waals surface area contributed by atoms with Crippen LogP contribution in [0.5, 0.6) is 0 Å². The van der Waals surface area contributed by atoms with Gasteiger partial charge in [0.15, 0.2) is 0 Å². The number of rotatable bonds is 10. The predicted octanol–water partition coefficient (Wildman–Crippen LogP) is 6.67. The van der Waals surface area contributed by atoms with E-state index in [0.717, 1.165) is 22.3 Å². The van der Waals surface area contributed by atoms with E-state index < -0.39 is 25.5 Å². The van der Waals surface area contributed by atoms with Crippen LogP contribution in [-0.2, 0) is 9.09 Å². The number of benzene rings is 4. The topological polar surface area (TPSA) is 144 Å². The fourth-order valence-corrected chi connectivity index (χ4v) is 7.77. The standard InChI is InChI=1S/C18H17ClNO4P.2C10H15NO/c1-10-6-11(2)8-13(7-10)25(23,24-3)17-14-9-12(19)4-5-15(14)20-16(17)18(21)22;2*1-8(11-2)10(12)9-6-4-3-5-7-9/h4-9,20H,1-3H3,(H,21,22);2*3-8,10-12H,1-2H3/t;8-,10+;8-,10-/m.10/s1. The highest BCUT2D eigenvalue weighted by Crippen LogP contribution is 2.47. The second-order valence-electron chi connectivity index (χ2n) is 11.8. The molecule has 9 nitrogen and oxygen atoms in total. The van der Waals surface area contributed by atoms with Gasteiger partial charge in [-0.05, 0) is 83.2 Å². The average molecular weight is 708 g/mol. The maximum absolute atomic E-state index is 13.9. The molecular weight excluding hydrogens is 661 g/mol. The number of hydrogen-bond acceptors (Lipinski definition) is 7. The number of halogens is 1. The number of carboxylic acid groups (broad SMARTS) is 1. The Bertz CT molecular complexity index is 1780. The third kappa shape index (κ3) is 10.1. The molecule has 6 N–H and O–H groups in total. The molecule has 0 aliphatic carbocycles. The monoisotopic (exact) mass is 707 g/mol. The summed E-state index contributed by atoms with van der Waals surface area (Å²) in [6.07, 6.45) is -0.840. The Morgan fingerprint density at radius 3 is 1.67 bits per heavy atom. The zero-order valence-electron chi connectivity index (χ0n) is 28.9. The number of hydrogen-bond donors (Lipinski definition) is 6. The number of nitrogens with one attached hydrogen (secondary N) is 3. The van der Waals surface area contributed by atoms with E-state index in [2.05, 4.69) is 15.6 Å². The minimum absolute atomic E-state index is 0.0902. The van der Waals surface area contributed by atoms with Crippen LogP contribution in [0.15, 0.2) is 97.1 Å². The van der Waals surface area contributed by atoms with Gasteiger partial charge in [0.25, 0.3) is 7.37 Å². The molecule has 0 saturated carbocycles. The molecular formula is C38H47ClN3O6P. The minimum Gasteiger partial charge on any atom is -0.477 e. The fraction of sp³-hybridized carbons (Fsp3) is 0.289. The van der Waals surface area contributed by atoms with E-state index in [9.17, 15) is 24.7 Å². The van der Waals surface area contributed by atoms with Gasteiger partial charge in [0.1, 0.15) is 5.69 Å². The molecule has 5 aromatic rings. The number of likely N-dealkylation sites (N-methyl/N-ethyl adjacent to an activating group) is 2. The van der Waals surface area contributed by atoms with Crippen molar-refractivity contribution < 1.29 is 29.2 Å². The van der Waals surface area contributed by atoms with Crippen LogP contribution in [0.1, 0.15) is 58.8 Å².